The quantitative estimate of drug-likeness (QED) is 0.791. The predicted molar refractivity (Wildman–Crippen MR) is 91.5 cm³/mol. The van der Waals surface area contributed by atoms with Crippen molar-refractivity contribution in [3.8, 4) is 11.5 Å². The molecule has 1 aromatic carbocycles. The van der Waals surface area contributed by atoms with Crippen LogP contribution in [0.15, 0.2) is 36.0 Å². The van der Waals surface area contributed by atoms with Gasteiger partial charge in [-0.2, -0.15) is 0 Å². The van der Waals surface area contributed by atoms with Crippen molar-refractivity contribution in [1.29, 1.82) is 0 Å². The van der Waals surface area contributed by atoms with Gasteiger partial charge in [0.2, 0.25) is 5.91 Å². The first-order valence-electron chi connectivity index (χ1n) is 7.83. The second-order valence-corrected chi connectivity index (χ2v) is 6.60. The molecule has 0 fully saturated rings. The number of thiophene rings is 1. The van der Waals surface area contributed by atoms with E-state index >= 15 is 0 Å². The van der Waals surface area contributed by atoms with Crippen LogP contribution in [0.3, 0.4) is 0 Å². The minimum atomic E-state index is -0.0465. The SMILES string of the molecule is O=C(Cn1cnc2cc3c(cc21)OCCCO3)NCc1cccs1. The molecule has 2 aromatic heterocycles. The van der Waals surface area contributed by atoms with E-state index < -0.39 is 0 Å². The van der Waals surface area contributed by atoms with Gasteiger partial charge < -0.3 is 19.4 Å². The summed E-state index contributed by atoms with van der Waals surface area (Å²) in [6.45, 7) is 2.05. The van der Waals surface area contributed by atoms with Crippen LogP contribution in [0.5, 0.6) is 11.5 Å². The van der Waals surface area contributed by atoms with Gasteiger partial charge in [-0.1, -0.05) is 6.07 Å². The summed E-state index contributed by atoms with van der Waals surface area (Å²) in [6.07, 6.45) is 2.53. The largest absolute Gasteiger partial charge is 0.489 e. The lowest BCUT2D eigenvalue weighted by molar-refractivity contribution is -0.121. The summed E-state index contributed by atoms with van der Waals surface area (Å²) < 4.78 is 13.2. The van der Waals surface area contributed by atoms with Crippen molar-refractivity contribution in [3.05, 3.63) is 40.8 Å². The van der Waals surface area contributed by atoms with Gasteiger partial charge in [0.15, 0.2) is 11.5 Å². The zero-order chi connectivity index (χ0) is 16.4. The van der Waals surface area contributed by atoms with Crippen molar-refractivity contribution < 1.29 is 14.3 Å². The number of carbonyl (C=O) groups is 1. The van der Waals surface area contributed by atoms with Gasteiger partial charge in [0.05, 0.1) is 37.1 Å². The van der Waals surface area contributed by atoms with Gasteiger partial charge in [-0.15, -0.1) is 11.3 Å². The van der Waals surface area contributed by atoms with E-state index in [1.54, 1.807) is 17.7 Å². The number of imidazole rings is 1. The van der Waals surface area contributed by atoms with Crippen LogP contribution in [0, 0.1) is 0 Å². The molecule has 1 amide bonds. The highest BCUT2D eigenvalue weighted by Crippen LogP contribution is 2.33. The van der Waals surface area contributed by atoms with Gasteiger partial charge in [0.25, 0.3) is 0 Å². The molecule has 3 aromatic rings. The van der Waals surface area contributed by atoms with Crippen molar-refractivity contribution >= 4 is 28.3 Å². The molecular weight excluding hydrogens is 326 g/mol. The van der Waals surface area contributed by atoms with Gasteiger partial charge in [0, 0.05) is 23.4 Å². The van der Waals surface area contributed by atoms with Crippen molar-refractivity contribution in [1.82, 2.24) is 14.9 Å². The molecule has 6 nitrogen and oxygen atoms in total. The summed E-state index contributed by atoms with van der Waals surface area (Å²) in [5.41, 5.74) is 1.66. The zero-order valence-corrected chi connectivity index (χ0v) is 13.8. The van der Waals surface area contributed by atoms with Crippen LogP contribution in [-0.4, -0.2) is 28.7 Å². The molecule has 0 saturated heterocycles. The van der Waals surface area contributed by atoms with Crippen LogP contribution < -0.4 is 14.8 Å². The predicted octanol–water partition coefficient (Wildman–Crippen LogP) is 2.58. The molecule has 1 N–H and O–H groups in total. The van der Waals surface area contributed by atoms with Crippen LogP contribution in [0.2, 0.25) is 0 Å². The van der Waals surface area contributed by atoms with E-state index in [2.05, 4.69) is 10.3 Å². The van der Waals surface area contributed by atoms with Crippen LogP contribution in [0.1, 0.15) is 11.3 Å². The Balaban J connectivity index is 1.51. The van der Waals surface area contributed by atoms with Crippen molar-refractivity contribution in [2.24, 2.45) is 0 Å². The highest BCUT2D eigenvalue weighted by Gasteiger charge is 2.15. The Hall–Kier alpha value is -2.54. The highest BCUT2D eigenvalue weighted by molar-refractivity contribution is 7.09. The molecule has 0 radical (unpaired) electrons. The minimum Gasteiger partial charge on any atom is -0.489 e. The Morgan fingerprint density at radius 2 is 2.12 bits per heavy atom. The van der Waals surface area contributed by atoms with Crippen LogP contribution in [0.25, 0.3) is 11.0 Å². The van der Waals surface area contributed by atoms with E-state index in [9.17, 15) is 4.79 Å². The Labute approximate surface area is 143 Å². The number of ether oxygens (including phenoxy) is 2. The number of nitrogens with zero attached hydrogens (tertiary/aromatic N) is 2. The molecule has 0 aliphatic carbocycles. The standard InChI is InChI=1S/C17H17N3O3S/c21-17(18-9-12-3-1-6-24-12)10-20-11-19-13-7-15-16(8-14(13)20)23-5-2-4-22-15/h1,3,6-8,11H,2,4-5,9-10H2,(H,18,21). The first kappa shape index (κ1) is 15.0. The normalized spacial score (nSPS) is 13.7. The third-order valence-electron chi connectivity index (χ3n) is 3.84. The number of benzene rings is 1. The second kappa shape index (κ2) is 6.52. The minimum absolute atomic E-state index is 0.0465. The lowest BCUT2D eigenvalue weighted by Crippen LogP contribution is -2.26. The molecular formula is C17H17N3O3S. The second-order valence-electron chi connectivity index (χ2n) is 5.57. The average Bonchev–Trinajstić information content (AvgIpc) is 3.17. The molecule has 124 valence electrons. The van der Waals surface area contributed by atoms with Gasteiger partial charge >= 0.3 is 0 Å². The Kier molecular flexibility index (Phi) is 4.08. The van der Waals surface area contributed by atoms with Crippen molar-refractivity contribution in [2.75, 3.05) is 13.2 Å². The summed E-state index contributed by atoms with van der Waals surface area (Å²) in [7, 11) is 0. The number of amides is 1. The van der Waals surface area contributed by atoms with Gasteiger partial charge in [-0.25, -0.2) is 4.98 Å². The molecule has 4 rings (SSSR count). The monoisotopic (exact) mass is 343 g/mol. The summed E-state index contributed by atoms with van der Waals surface area (Å²) in [6, 6.07) is 7.75. The maximum absolute atomic E-state index is 12.2. The summed E-state index contributed by atoms with van der Waals surface area (Å²) in [4.78, 5) is 17.7. The molecule has 0 bridgehead atoms. The number of rotatable bonds is 4. The number of carbonyl (C=O) groups excluding carboxylic acids is 1. The smallest absolute Gasteiger partial charge is 0.240 e. The van der Waals surface area contributed by atoms with E-state index in [0.29, 0.717) is 31.3 Å². The van der Waals surface area contributed by atoms with E-state index in [1.165, 1.54) is 0 Å². The number of hydrogen-bond donors (Lipinski definition) is 1. The highest BCUT2D eigenvalue weighted by atomic mass is 32.1. The van der Waals surface area contributed by atoms with Crippen LogP contribution in [0.4, 0.5) is 0 Å². The number of nitrogens with one attached hydrogen (secondary N) is 1. The maximum Gasteiger partial charge on any atom is 0.240 e. The topological polar surface area (TPSA) is 65.4 Å². The van der Waals surface area contributed by atoms with Gasteiger partial charge in [0.1, 0.15) is 6.54 Å². The Bertz CT molecular complexity index is 857. The number of hydrogen-bond acceptors (Lipinski definition) is 5. The molecule has 0 saturated carbocycles. The fourth-order valence-electron chi connectivity index (χ4n) is 2.65. The van der Waals surface area contributed by atoms with Crippen LogP contribution in [-0.2, 0) is 17.9 Å². The first-order valence-corrected chi connectivity index (χ1v) is 8.71. The molecule has 24 heavy (non-hydrogen) atoms. The third-order valence-corrected chi connectivity index (χ3v) is 4.72. The first-order chi connectivity index (χ1) is 11.8. The van der Waals surface area contributed by atoms with Gasteiger partial charge in [-0.3, -0.25) is 4.79 Å². The van der Waals surface area contributed by atoms with Crippen molar-refractivity contribution in [2.45, 2.75) is 19.5 Å². The number of aromatic nitrogens is 2. The molecule has 1 aliphatic rings. The fourth-order valence-corrected chi connectivity index (χ4v) is 3.29. The lowest BCUT2D eigenvalue weighted by Gasteiger charge is -2.09. The van der Waals surface area contributed by atoms with Gasteiger partial charge in [-0.05, 0) is 11.4 Å². The zero-order valence-electron chi connectivity index (χ0n) is 13.0. The van der Waals surface area contributed by atoms with E-state index in [1.807, 2.05) is 34.2 Å². The summed E-state index contributed by atoms with van der Waals surface area (Å²) in [5.74, 6) is 1.38. The summed E-state index contributed by atoms with van der Waals surface area (Å²) >= 11 is 1.63. The molecule has 0 atom stereocenters. The molecule has 7 heteroatoms. The van der Waals surface area contributed by atoms with Crippen LogP contribution >= 0.6 is 11.3 Å². The van der Waals surface area contributed by atoms with E-state index in [0.717, 1.165) is 22.3 Å². The molecule has 0 unspecified atom stereocenters. The summed E-state index contributed by atoms with van der Waals surface area (Å²) in [5, 5.41) is 4.93. The molecule has 3 heterocycles. The Morgan fingerprint density at radius 1 is 1.29 bits per heavy atom. The fraction of sp³-hybridized carbons (Fsp3) is 0.294. The molecule has 0 spiro atoms. The van der Waals surface area contributed by atoms with E-state index in [-0.39, 0.29) is 12.5 Å². The Morgan fingerprint density at radius 3 is 2.92 bits per heavy atom. The lowest BCUT2D eigenvalue weighted by atomic mass is 10.2. The third kappa shape index (κ3) is 3.07. The van der Waals surface area contributed by atoms with Crippen molar-refractivity contribution in [3.63, 3.8) is 0 Å². The number of fused-ring (bicyclic) bond motifs is 2. The molecule has 1 aliphatic heterocycles. The maximum atomic E-state index is 12.2. The average molecular weight is 343 g/mol. The van der Waals surface area contributed by atoms with E-state index in [4.69, 9.17) is 9.47 Å².